The van der Waals surface area contributed by atoms with Crippen molar-refractivity contribution in [1.29, 1.82) is 0 Å². The maximum Gasteiger partial charge on any atom is 0.631 e. The molecule has 0 spiro atoms. The van der Waals surface area contributed by atoms with Crippen molar-refractivity contribution in [3.8, 4) is 0 Å². The van der Waals surface area contributed by atoms with Gasteiger partial charge >= 0.3 is 30.8 Å². The predicted octanol–water partition coefficient (Wildman–Crippen LogP) is -7.52. The Hall–Kier alpha value is -4.18. The lowest BCUT2D eigenvalue weighted by molar-refractivity contribution is -0.0504. The zero-order valence-corrected chi connectivity index (χ0v) is 43.3. The second kappa shape index (κ2) is 26.0. The molecular weight excluding hydrogens is 1120 g/mol. The molecule has 0 bridgehead atoms. The number of nitrogen functional groups attached to an aromatic ring is 3. The molecule has 0 saturated carbocycles. The Balaban J connectivity index is 0.000000232. The summed E-state index contributed by atoms with van der Waals surface area (Å²) in [5, 5.41) is 81.7. The Morgan fingerprint density at radius 1 is 0.453 bits per heavy atom. The molecule has 418 valence electrons. The number of aliphatic hydroxyl groups is 6. The van der Waals surface area contributed by atoms with Crippen LogP contribution in [-0.4, -0.2) is 216 Å². The molecule has 0 aromatic carbocycles. The summed E-state index contributed by atoms with van der Waals surface area (Å²) >= 11 is 0. The monoisotopic (exact) mass is 1170 g/mol. The Bertz CT molecular complexity index is 2660. The zero-order valence-electron chi connectivity index (χ0n) is 37.8. The molecule has 6 aromatic rings. The molecule has 0 radical (unpaired) electrons. The van der Waals surface area contributed by atoms with Gasteiger partial charge in [0.25, 0.3) is 0 Å². The molecule has 3 aliphatic rings. The quantitative estimate of drug-likeness (QED) is 0.0400. The van der Waals surface area contributed by atoms with Crippen LogP contribution in [0.3, 0.4) is 0 Å². The summed E-state index contributed by atoms with van der Waals surface area (Å²) in [7, 11) is -16.3. The summed E-state index contributed by atoms with van der Waals surface area (Å²) in [6.45, 7) is -1.78. The number of ether oxygens (including phenoxy) is 3. The van der Waals surface area contributed by atoms with Gasteiger partial charge in [-0.05, 0) is 0 Å². The van der Waals surface area contributed by atoms with E-state index in [1.807, 2.05) is 0 Å². The Morgan fingerprint density at radius 2 is 0.680 bits per heavy atom. The van der Waals surface area contributed by atoms with E-state index in [-0.39, 0.29) is 54.2 Å². The summed E-state index contributed by atoms with van der Waals surface area (Å²) in [4.78, 5) is 87.6. The first-order valence-corrected chi connectivity index (χ1v) is 24.6. The van der Waals surface area contributed by atoms with Crippen LogP contribution in [0.25, 0.3) is 33.5 Å². The number of hydrogen-bond donors (Lipinski definition) is 18. The molecule has 21 N–H and O–H groups in total. The Morgan fingerprint density at radius 3 is 0.893 bits per heavy atom. The van der Waals surface area contributed by atoms with Crippen molar-refractivity contribution in [2.45, 2.75) is 73.6 Å². The van der Waals surface area contributed by atoms with Gasteiger partial charge in [-0.15, -0.1) is 0 Å². The highest BCUT2D eigenvalue weighted by Gasteiger charge is 2.47. The van der Waals surface area contributed by atoms with Crippen LogP contribution in [0.15, 0.2) is 38.0 Å². The van der Waals surface area contributed by atoms with E-state index in [2.05, 4.69) is 58.4 Å². The lowest BCUT2D eigenvalue weighted by atomic mass is 10.1. The first kappa shape index (κ1) is 63.4. The van der Waals surface area contributed by atoms with Gasteiger partial charge in [-0.2, -0.15) is 19.8 Å². The van der Waals surface area contributed by atoms with Crippen molar-refractivity contribution in [3.05, 3.63) is 38.0 Å². The topological polar surface area (TPSA) is 619 Å². The summed E-state index contributed by atoms with van der Waals surface area (Å²) in [6, 6.07) is 0. The summed E-state index contributed by atoms with van der Waals surface area (Å²) in [5.74, 6) is 0.425. The predicted molar refractivity (Wildman–Crippen MR) is 256 cm³/mol. The number of fused-ring (bicyclic) bond motifs is 3. The number of aliphatic hydroxyl groups excluding tert-OH is 6. The minimum absolute atomic E-state index is 0. The second-order valence-electron chi connectivity index (χ2n) is 15.1. The molecule has 75 heavy (non-hydrogen) atoms. The second-order valence-corrected chi connectivity index (χ2v) is 18.8. The van der Waals surface area contributed by atoms with Gasteiger partial charge in [0.05, 0.1) is 38.8 Å². The summed E-state index contributed by atoms with van der Waals surface area (Å²) < 4.78 is 65.4. The van der Waals surface area contributed by atoms with Crippen molar-refractivity contribution >= 4 is 102 Å². The van der Waals surface area contributed by atoms with Gasteiger partial charge in [0.15, 0.2) is 53.1 Å². The lowest BCUT2D eigenvalue weighted by Gasteiger charge is -2.16. The molecule has 3 fully saturated rings. The van der Waals surface area contributed by atoms with Crippen molar-refractivity contribution in [1.82, 2.24) is 58.6 Å². The van der Waals surface area contributed by atoms with Gasteiger partial charge < -0.3 is 106 Å². The molecule has 3 aliphatic heterocycles. The molecule has 6 aromatic heterocycles. The minimum atomic E-state index is -4.72. The van der Waals surface area contributed by atoms with Crippen LogP contribution in [-0.2, 0) is 41.5 Å². The highest BCUT2D eigenvalue weighted by molar-refractivity contribution is 7.46. The standard InChI is InChI=1S/3C10H14N5O7P.BH3O3.2H3P/c3*11-8-5-9(13-2-12-8)15(3-14-5)10-7(17)6(16)4(22-10)1-21-23(18,19)20;2-1(3)4;;/h3*2-4,6-7,10,16-17H,1H2,(H2,11,12,13)(H2,18,19,20);2-4H;2*1H3/t3*4-,6-,7-,10-;;;/m111.../s1. The molecular formula is C30H51BN15O24P5. The van der Waals surface area contributed by atoms with Crippen molar-refractivity contribution in [2.24, 2.45) is 0 Å². The zero-order chi connectivity index (χ0) is 53.9. The number of hydrogen-bond acceptors (Lipinski definition) is 30. The fraction of sp³-hybridized carbons (Fsp3) is 0.500. The maximum absolute atomic E-state index is 10.7. The molecule has 9 rings (SSSR count). The van der Waals surface area contributed by atoms with Crippen LogP contribution in [0.5, 0.6) is 0 Å². The number of phosphoric ester groups is 3. The minimum Gasteiger partial charge on any atom is -0.402 e. The highest BCUT2D eigenvalue weighted by Crippen LogP contribution is 2.41. The van der Waals surface area contributed by atoms with Gasteiger partial charge in [-0.1, -0.05) is 0 Å². The number of anilines is 3. The van der Waals surface area contributed by atoms with Gasteiger partial charge in [-0.25, -0.2) is 58.6 Å². The van der Waals surface area contributed by atoms with E-state index in [0.717, 1.165) is 0 Å². The number of nitrogens with two attached hydrogens (primary N) is 3. The summed E-state index contributed by atoms with van der Waals surface area (Å²) in [5.41, 5.74) is 18.7. The normalized spacial score (nSPS) is 26.6. The fourth-order valence-electron chi connectivity index (χ4n) is 6.97. The van der Waals surface area contributed by atoms with E-state index < -0.39 is 124 Å². The van der Waals surface area contributed by atoms with E-state index in [4.69, 9.17) is 75.8 Å². The van der Waals surface area contributed by atoms with Gasteiger partial charge in [0.1, 0.15) is 90.5 Å². The number of imidazole rings is 3. The van der Waals surface area contributed by atoms with Crippen molar-refractivity contribution in [3.63, 3.8) is 0 Å². The third kappa shape index (κ3) is 15.7. The van der Waals surface area contributed by atoms with Crippen LogP contribution >= 0.6 is 43.3 Å². The van der Waals surface area contributed by atoms with Crippen LogP contribution in [0.4, 0.5) is 17.5 Å². The molecule has 0 aliphatic carbocycles. The summed E-state index contributed by atoms with van der Waals surface area (Å²) in [6.07, 6.45) is -7.47. The SMILES string of the molecule is Nc1ncnc2c1ncn2[C@@H]1O[C@H](COP(=O)(O)O)[C@@H](O)[C@H]1O.Nc1ncnc2c1ncn2[C@@H]1O[C@H](COP(=O)(O)O)[C@@H](O)[C@H]1O.Nc1ncnc2c1ncn2[C@@H]1O[C@H](COP(=O)(O)O)[C@@H](O)[C@H]1O.OB(O)O.P.P. The lowest BCUT2D eigenvalue weighted by Crippen LogP contribution is -2.33. The van der Waals surface area contributed by atoms with Gasteiger partial charge in [0.2, 0.25) is 0 Å². The van der Waals surface area contributed by atoms with Crippen LogP contribution < -0.4 is 17.2 Å². The molecule has 2 unspecified atom stereocenters. The van der Waals surface area contributed by atoms with Crippen molar-refractivity contribution in [2.75, 3.05) is 37.0 Å². The Labute approximate surface area is 424 Å². The molecule has 45 heteroatoms. The first-order chi connectivity index (χ1) is 34.1. The third-order valence-electron chi connectivity index (χ3n) is 10.2. The molecule has 3 saturated heterocycles. The number of nitrogens with zero attached hydrogens (tertiary/aromatic N) is 12. The van der Waals surface area contributed by atoms with Crippen molar-refractivity contribution < 1.29 is 117 Å². The largest absolute Gasteiger partial charge is 0.631 e. The Kier molecular flexibility index (Phi) is 21.9. The third-order valence-corrected chi connectivity index (χ3v) is 11.7. The van der Waals surface area contributed by atoms with Gasteiger partial charge in [-0.3, -0.25) is 27.3 Å². The van der Waals surface area contributed by atoms with E-state index in [0.29, 0.717) is 16.6 Å². The van der Waals surface area contributed by atoms with E-state index in [1.165, 1.54) is 51.7 Å². The van der Waals surface area contributed by atoms with Crippen LogP contribution in [0, 0.1) is 0 Å². The van der Waals surface area contributed by atoms with E-state index in [9.17, 15) is 44.3 Å². The molecule has 9 heterocycles. The molecule has 14 atom stereocenters. The number of aromatic nitrogens is 12. The van der Waals surface area contributed by atoms with E-state index in [1.54, 1.807) is 0 Å². The average Bonchev–Trinajstić information content (AvgIpc) is 4.16. The highest BCUT2D eigenvalue weighted by atomic mass is 31.2. The molecule has 39 nitrogen and oxygen atoms in total. The number of rotatable bonds is 12. The maximum atomic E-state index is 10.7. The van der Waals surface area contributed by atoms with Gasteiger partial charge in [0, 0.05) is 0 Å². The van der Waals surface area contributed by atoms with Crippen LogP contribution in [0.1, 0.15) is 18.7 Å². The smallest absolute Gasteiger partial charge is 0.402 e. The fourth-order valence-corrected chi connectivity index (χ4v) is 7.99. The molecule has 0 amide bonds. The number of phosphoric acid groups is 3. The average molecular weight is 1170 g/mol. The first-order valence-electron chi connectivity index (χ1n) is 20.0. The van der Waals surface area contributed by atoms with Crippen LogP contribution in [0.2, 0.25) is 0 Å². The van der Waals surface area contributed by atoms with E-state index >= 15 is 0 Å².